The number of nitrogens with one attached hydrogen (secondary N) is 3. The summed E-state index contributed by atoms with van der Waals surface area (Å²) in [5, 5.41) is 23.5. The van der Waals surface area contributed by atoms with Crippen molar-refractivity contribution in [3.8, 4) is 0 Å². The first-order valence-corrected chi connectivity index (χ1v) is 9.26. The van der Waals surface area contributed by atoms with Gasteiger partial charge in [-0.25, -0.2) is 14.4 Å². The molecule has 0 saturated heterocycles. The van der Waals surface area contributed by atoms with Crippen LogP contribution in [0.4, 0.5) is 27.5 Å². The van der Waals surface area contributed by atoms with Crippen LogP contribution in [0.1, 0.15) is 12.1 Å². The van der Waals surface area contributed by atoms with Crippen LogP contribution in [0, 0.1) is 5.82 Å². The highest BCUT2D eigenvalue weighted by molar-refractivity contribution is 6.29. The lowest BCUT2D eigenvalue weighted by atomic mass is 10.1. The fraction of sp³-hybridized carbons (Fsp3) is 0.158. The predicted molar refractivity (Wildman–Crippen MR) is 109 cm³/mol. The van der Waals surface area contributed by atoms with Crippen LogP contribution < -0.4 is 10.6 Å². The highest BCUT2D eigenvalue weighted by Crippen LogP contribution is 2.24. The lowest BCUT2D eigenvalue weighted by molar-refractivity contribution is 0.288. The highest BCUT2D eigenvalue weighted by Gasteiger charge is 2.10. The molecule has 0 aliphatic carbocycles. The lowest BCUT2D eigenvalue weighted by Gasteiger charge is -2.09. The number of aliphatic hydroxyl groups is 1. The van der Waals surface area contributed by atoms with Crippen molar-refractivity contribution in [1.29, 1.82) is 0 Å². The Hall–Kier alpha value is -3.30. The molecular weight excluding hydrogens is 397 g/mol. The van der Waals surface area contributed by atoms with E-state index in [1.54, 1.807) is 12.1 Å². The molecule has 0 aliphatic heterocycles. The molecule has 4 N–H and O–H groups in total. The SMILES string of the molecule is OCCCc1[nH]nc2ccc(Nc3ncc(F)c(Nc4ccc(Cl)nc4)n3)cc12. The fourth-order valence-corrected chi connectivity index (χ4v) is 2.93. The summed E-state index contributed by atoms with van der Waals surface area (Å²) in [5.41, 5.74) is 3.04. The Kier molecular flexibility index (Phi) is 5.50. The molecule has 148 valence electrons. The Morgan fingerprint density at radius 3 is 2.72 bits per heavy atom. The van der Waals surface area contributed by atoms with Gasteiger partial charge < -0.3 is 15.7 Å². The zero-order valence-electron chi connectivity index (χ0n) is 15.2. The lowest BCUT2D eigenvalue weighted by Crippen LogP contribution is -2.03. The normalized spacial score (nSPS) is 11.0. The van der Waals surface area contributed by atoms with Crippen LogP contribution in [-0.2, 0) is 6.42 Å². The number of hydrogen-bond acceptors (Lipinski definition) is 7. The number of fused-ring (bicyclic) bond motifs is 1. The zero-order chi connectivity index (χ0) is 20.2. The summed E-state index contributed by atoms with van der Waals surface area (Å²) < 4.78 is 14.1. The third-order valence-corrected chi connectivity index (χ3v) is 4.43. The third kappa shape index (κ3) is 4.41. The van der Waals surface area contributed by atoms with E-state index in [1.165, 1.54) is 6.20 Å². The van der Waals surface area contributed by atoms with Crippen LogP contribution in [0.3, 0.4) is 0 Å². The first-order valence-electron chi connectivity index (χ1n) is 8.88. The van der Waals surface area contributed by atoms with Gasteiger partial charge in [0.05, 0.1) is 23.6 Å². The number of benzene rings is 1. The molecule has 8 nitrogen and oxygen atoms in total. The molecule has 3 heterocycles. The number of aromatic amines is 1. The van der Waals surface area contributed by atoms with E-state index >= 15 is 0 Å². The van der Waals surface area contributed by atoms with E-state index < -0.39 is 5.82 Å². The van der Waals surface area contributed by atoms with Gasteiger partial charge >= 0.3 is 0 Å². The van der Waals surface area contributed by atoms with Crippen LogP contribution >= 0.6 is 11.6 Å². The van der Waals surface area contributed by atoms with Gasteiger partial charge in [0.25, 0.3) is 0 Å². The summed E-state index contributed by atoms with van der Waals surface area (Å²) in [6.45, 7) is 0.112. The summed E-state index contributed by atoms with van der Waals surface area (Å²) in [5.74, 6) is -0.350. The van der Waals surface area contributed by atoms with Crippen LogP contribution in [0.5, 0.6) is 0 Å². The van der Waals surface area contributed by atoms with Gasteiger partial charge in [-0.2, -0.15) is 10.1 Å². The summed E-state index contributed by atoms with van der Waals surface area (Å²) in [6.07, 6.45) is 3.90. The van der Waals surface area contributed by atoms with E-state index in [2.05, 4.69) is 35.8 Å². The quantitative estimate of drug-likeness (QED) is 0.339. The molecule has 0 saturated carbocycles. The average Bonchev–Trinajstić information content (AvgIpc) is 3.13. The molecule has 0 fully saturated rings. The minimum absolute atomic E-state index is 0.0136. The fourth-order valence-electron chi connectivity index (χ4n) is 2.82. The molecule has 4 aromatic rings. The summed E-state index contributed by atoms with van der Waals surface area (Å²) in [6, 6.07) is 8.87. The van der Waals surface area contributed by atoms with Crippen molar-refractivity contribution < 1.29 is 9.50 Å². The molecule has 0 aliphatic rings. The molecule has 0 spiro atoms. The average molecular weight is 414 g/mol. The molecule has 0 bridgehead atoms. The predicted octanol–water partition coefficient (Wildman–Crippen LogP) is 3.95. The Labute approximate surface area is 170 Å². The third-order valence-electron chi connectivity index (χ3n) is 4.21. The van der Waals surface area contributed by atoms with Crippen molar-refractivity contribution in [2.24, 2.45) is 0 Å². The van der Waals surface area contributed by atoms with Crippen molar-refractivity contribution >= 4 is 45.6 Å². The van der Waals surface area contributed by atoms with Crippen molar-refractivity contribution in [2.75, 3.05) is 17.2 Å². The molecule has 3 aromatic heterocycles. The number of hydrogen-bond donors (Lipinski definition) is 4. The molecule has 0 unspecified atom stereocenters. The number of H-pyrrole nitrogens is 1. The van der Waals surface area contributed by atoms with Crippen molar-refractivity contribution in [3.05, 3.63) is 59.4 Å². The molecule has 29 heavy (non-hydrogen) atoms. The van der Waals surface area contributed by atoms with Gasteiger partial charge in [0, 0.05) is 23.4 Å². The first-order chi connectivity index (χ1) is 14.1. The van der Waals surface area contributed by atoms with Crippen LogP contribution in [0.15, 0.2) is 42.7 Å². The van der Waals surface area contributed by atoms with E-state index in [-0.39, 0.29) is 18.4 Å². The van der Waals surface area contributed by atoms with Gasteiger partial charge in [-0.05, 0) is 43.2 Å². The monoisotopic (exact) mass is 413 g/mol. The van der Waals surface area contributed by atoms with Crippen molar-refractivity contribution in [3.63, 3.8) is 0 Å². The van der Waals surface area contributed by atoms with Gasteiger partial charge in [0.15, 0.2) is 11.6 Å². The number of pyridine rings is 1. The van der Waals surface area contributed by atoms with E-state index in [1.807, 2.05) is 18.2 Å². The van der Waals surface area contributed by atoms with Crippen LogP contribution in [-0.4, -0.2) is 36.9 Å². The smallest absolute Gasteiger partial charge is 0.229 e. The second kappa shape index (κ2) is 8.38. The van der Waals surface area contributed by atoms with Gasteiger partial charge in [-0.3, -0.25) is 5.10 Å². The Balaban J connectivity index is 1.56. The number of aryl methyl sites for hydroxylation is 1. The van der Waals surface area contributed by atoms with Crippen LogP contribution in [0.2, 0.25) is 5.15 Å². The summed E-state index contributed by atoms with van der Waals surface area (Å²) in [4.78, 5) is 12.1. The number of aliphatic hydroxyl groups excluding tert-OH is 1. The van der Waals surface area contributed by atoms with E-state index in [0.29, 0.717) is 23.7 Å². The Bertz CT molecular complexity index is 1130. The number of aromatic nitrogens is 5. The molecule has 1 aromatic carbocycles. The van der Waals surface area contributed by atoms with E-state index in [4.69, 9.17) is 16.7 Å². The molecule has 0 atom stereocenters. The van der Waals surface area contributed by atoms with Crippen molar-refractivity contribution in [1.82, 2.24) is 25.1 Å². The maximum Gasteiger partial charge on any atom is 0.229 e. The second-order valence-electron chi connectivity index (χ2n) is 6.27. The topological polar surface area (TPSA) is 112 Å². The Morgan fingerprint density at radius 2 is 1.93 bits per heavy atom. The minimum Gasteiger partial charge on any atom is -0.396 e. The van der Waals surface area contributed by atoms with Gasteiger partial charge in [0.2, 0.25) is 5.95 Å². The number of anilines is 4. The molecule has 4 rings (SSSR count). The standard InChI is InChI=1S/C19H17ClFN7O/c20-17-6-4-12(9-22-17)24-18-14(21)10-23-19(26-18)25-11-3-5-16-13(8-11)15(27-28-16)2-1-7-29/h3-6,8-10,29H,1-2,7H2,(H,27,28)(H2,23,24,25,26). The summed E-state index contributed by atoms with van der Waals surface area (Å²) in [7, 11) is 0. The highest BCUT2D eigenvalue weighted by atomic mass is 35.5. The Morgan fingerprint density at radius 1 is 1.07 bits per heavy atom. The second-order valence-corrected chi connectivity index (χ2v) is 6.66. The van der Waals surface area contributed by atoms with Gasteiger partial charge in [0.1, 0.15) is 5.15 Å². The summed E-state index contributed by atoms with van der Waals surface area (Å²) >= 11 is 5.77. The van der Waals surface area contributed by atoms with E-state index in [0.717, 1.165) is 28.5 Å². The minimum atomic E-state index is -0.595. The maximum absolute atomic E-state index is 14.1. The zero-order valence-corrected chi connectivity index (χ0v) is 15.9. The van der Waals surface area contributed by atoms with Gasteiger partial charge in [-0.15, -0.1) is 0 Å². The number of nitrogens with zero attached hydrogens (tertiary/aromatic N) is 4. The van der Waals surface area contributed by atoms with Crippen LogP contribution in [0.25, 0.3) is 10.9 Å². The molecule has 10 heteroatoms. The van der Waals surface area contributed by atoms with E-state index in [9.17, 15) is 4.39 Å². The maximum atomic E-state index is 14.1. The first kappa shape index (κ1) is 19.0. The van der Waals surface area contributed by atoms with Gasteiger partial charge in [-0.1, -0.05) is 11.6 Å². The molecular formula is C19H17ClFN7O. The number of rotatable bonds is 7. The number of halogens is 2. The largest absolute Gasteiger partial charge is 0.396 e. The van der Waals surface area contributed by atoms with Crippen molar-refractivity contribution in [2.45, 2.75) is 12.8 Å². The molecule has 0 radical (unpaired) electrons. The molecule has 0 amide bonds.